The summed E-state index contributed by atoms with van der Waals surface area (Å²) in [7, 11) is 0. The molecule has 36 heavy (non-hydrogen) atoms. The van der Waals surface area contributed by atoms with E-state index in [1.54, 1.807) is 11.8 Å². The molecule has 2 atom stereocenters. The van der Waals surface area contributed by atoms with E-state index < -0.39 is 17.7 Å². The Kier molecular flexibility index (Phi) is 6.91. The number of carbonyl (C=O) groups excluding carboxylic acids is 2. The van der Waals surface area contributed by atoms with Gasteiger partial charge in [-0.25, -0.2) is 14.5 Å². The van der Waals surface area contributed by atoms with Crippen LogP contribution in [0.1, 0.15) is 37.0 Å². The third-order valence-electron chi connectivity index (χ3n) is 6.55. The van der Waals surface area contributed by atoms with Gasteiger partial charge < -0.3 is 18.9 Å². The van der Waals surface area contributed by atoms with Crippen molar-refractivity contribution in [3.8, 4) is 5.75 Å². The predicted molar refractivity (Wildman–Crippen MR) is 134 cm³/mol. The van der Waals surface area contributed by atoms with E-state index in [-0.39, 0.29) is 19.3 Å². The van der Waals surface area contributed by atoms with Crippen LogP contribution in [-0.4, -0.2) is 37.5 Å². The van der Waals surface area contributed by atoms with Gasteiger partial charge in [-0.05, 0) is 62.1 Å². The Morgan fingerprint density at radius 3 is 2.31 bits per heavy atom. The Bertz CT molecular complexity index is 1180. The minimum absolute atomic E-state index is 0.132. The van der Waals surface area contributed by atoms with Crippen molar-refractivity contribution < 1.29 is 28.5 Å². The fourth-order valence-corrected chi connectivity index (χ4v) is 4.82. The first-order valence-electron chi connectivity index (χ1n) is 12.3. The van der Waals surface area contributed by atoms with Crippen LogP contribution in [0.5, 0.6) is 5.75 Å². The van der Waals surface area contributed by atoms with E-state index in [2.05, 4.69) is 0 Å². The third kappa shape index (κ3) is 4.93. The number of nitrogens with zero attached hydrogens (tertiary/aromatic N) is 1. The first-order chi connectivity index (χ1) is 17.6. The highest BCUT2D eigenvalue weighted by molar-refractivity contribution is 5.95. The lowest BCUT2D eigenvalue weighted by Crippen LogP contribution is -2.31. The highest BCUT2D eigenvalue weighted by Crippen LogP contribution is 2.56. The van der Waals surface area contributed by atoms with Crippen molar-refractivity contribution >= 4 is 23.4 Å². The quantitative estimate of drug-likeness (QED) is 0.297. The molecule has 1 heterocycles. The number of rotatable bonds is 8. The van der Waals surface area contributed by atoms with Crippen molar-refractivity contribution in [2.45, 2.75) is 37.9 Å². The molecule has 7 nitrogen and oxygen atoms in total. The zero-order valence-electron chi connectivity index (χ0n) is 20.2. The van der Waals surface area contributed by atoms with Crippen LogP contribution in [0.4, 0.5) is 16.2 Å². The van der Waals surface area contributed by atoms with Crippen molar-refractivity contribution in [3.63, 3.8) is 0 Å². The molecule has 186 valence electrons. The number of hydrogen-bond donors (Lipinski definition) is 0. The molecule has 0 aromatic heterocycles. The van der Waals surface area contributed by atoms with Crippen molar-refractivity contribution in [1.29, 1.82) is 0 Å². The maximum Gasteiger partial charge on any atom is 0.419 e. The van der Waals surface area contributed by atoms with Crippen LogP contribution < -0.4 is 9.64 Å². The predicted octanol–water partition coefficient (Wildman–Crippen LogP) is 5.75. The monoisotopic (exact) mass is 487 g/mol. The molecular weight excluding hydrogens is 458 g/mol. The molecule has 3 aromatic rings. The summed E-state index contributed by atoms with van der Waals surface area (Å²) in [6.07, 6.45) is 1.77. The van der Waals surface area contributed by atoms with Crippen LogP contribution >= 0.6 is 0 Å². The summed E-state index contributed by atoms with van der Waals surface area (Å²) in [5.74, 6) is 0.275. The Hall–Kier alpha value is -3.84. The Morgan fingerprint density at radius 1 is 0.944 bits per heavy atom. The number of amides is 1. The van der Waals surface area contributed by atoms with Gasteiger partial charge in [0.15, 0.2) is 6.61 Å². The van der Waals surface area contributed by atoms with Crippen molar-refractivity contribution in [2.75, 3.05) is 24.7 Å². The summed E-state index contributed by atoms with van der Waals surface area (Å²) in [5, 5.41) is 0. The van der Waals surface area contributed by atoms with Gasteiger partial charge >= 0.3 is 12.1 Å². The summed E-state index contributed by atoms with van der Waals surface area (Å²) in [6.45, 7) is 2.10. The first kappa shape index (κ1) is 23.9. The van der Waals surface area contributed by atoms with Crippen LogP contribution in [0.15, 0.2) is 78.9 Å². The minimum atomic E-state index is -0.556. The fourth-order valence-electron chi connectivity index (χ4n) is 4.82. The Balaban J connectivity index is 1.30. The van der Waals surface area contributed by atoms with E-state index >= 15 is 0 Å². The van der Waals surface area contributed by atoms with Gasteiger partial charge in [-0.3, -0.25) is 0 Å². The maximum absolute atomic E-state index is 13.3. The van der Waals surface area contributed by atoms with Gasteiger partial charge in [0.1, 0.15) is 24.1 Å². The zero-order chi connectivity index (χ0) is 25.0. The fraction of sp³-hybridized carbons (Fsp3) is 0.310. The molecule has 0 radical (unpaired) electrons. The van der Waals surface area contributed by atoms with Gasteiger partial charge in [-0.1, -0.05) is 48.5 Å². The molecular formula is C29H29NO6. The van der Waals surface area contributed by atoms with Gasteiger partial charge in [-0.2, -0.15) is 0 Å². The topological polar surface area (TPSA) is 77.6 Å². The highest BCUT2D eigenvalue weighted by Gasteiger charge is 2.59. The first-order valence-corrected chi connectivity index (χ1v) is 12.3. The lowest BCUT2D eigenvalue weighted by atomic mass is 9.97. The average molecular weight is 488 g/mol. The van der Waals surface area contributed by atoms with Gasteiger partial charge in [0, 0.05) is 5.56 Å². The third-order valence-corrected chi connectivity index (χ3v) is 6.55. The molecule has 2 unspecified atom stereocenters. The highest BCUT2D eigenvalue weighted by atomic mass is 16.6. The van der Waals surface area contributed by atoms with E-state index in [0.717, 1.165) is 41.8 Å². The second-order valence-electron chi connectivity index (χ2n) is 8.89. The molecule has 0 saturated carbocycles. The van der Waals surface area contributed by atoms with Crippen molar-refractivity contribution in [3.05, 3.63) is 90.0 Å². The summed E-state index contributed by atoms with van der Waals surface area (Å²) in [5.41, 5.74) is 2.96. The molecule has 1 aliphatic carbocycles. The second-order valence-corrected chi connectivity index (χ2v) is 8.89. The van der Waals surface area contributed by atoms with Crippen molar-refractivity contribution in [1.82, 2.24) is 0 Å². The van der Waals surface area contributed by atoms with Crippen LogP contribution in [0.3, 0.4) is 0 Å². The number of fused-ring (bicyclic) bond motifs is 3. The lowest BCUT2D eigenvalue weighted by molar-refractivity contribution is -0.145. The van der Waals surface area contributed by atoms with Gasteiger partial charge in [0.25, 0.3) is 0 Å². The number of anilines is 2. The molecule has 1 saturated heterocycles. The molecule has 0 N–H and O–H groups in total. The summed E-state index contributed by atoms with van der Waals surface area (Å²) < 4.78 is 22.8. The molecule has 5 rings (SSSR count). The lowest BCUT2D eigenvalue weighted by Gasteiger charge is -2.23. The van der Waals surface area contributed by atoms with Crippen LogP contribution in [0, 0.1) is 0 Å². The Labute approximate surface area is 210 Å². The van der Waals surface area contributed by atoms with E-state index in [9.17, 15) is 9.59 Å². The zero-order valence-corrected chi connectivity index (χ0v) is 20.2. The average Bonchev–Trinajstić information content (AvgIpc) is 3.64. The number of ether oxygens (including phenoxy) is 4. The molecule has 1 aliphatic heterocycles. The summed E-state index contributed by atoms with van der Waals surface area (Å²) in [6, 6.07) is 24.7. The maximum atomic E-state index is 13.3. The summed E-state index contributed by atoms with van der Waals surface area (Å²) >= 11 is 0. The number of hydrogen-bond acceptors (Lipinski definition) is 6. The van der Waals surface area contributed by atoms with E-state index in [4.69, 9.17) is 18.9 Å². The largest absolute Gasteiger partial charge is 0.482 e. The number of benzene rings is 3. The SMILES string of the molecule is CCOC(=O)COc1cccc2c1CCCC1(COC(=O)N(c3ccccc3)c3ccccc3)OC21. The standard InChI is InChI=1S/C29H29NO6/c1-2-33-26(31)19-34-25-17-9-15-24-23(25)16-10-18-29(27(24)36-29)20-35-28(32)30(21-11-5-3-6-12-21)22-13-7-4-8-14-22/h3-9,11-15,17,27H,2,10,16,18-20H2,1H3. The smallest absolute Gasteiger partial charge is 0.419 e. The van der Waals surface area contributed by atoms with E-state index in [0.29, 0.717) is 12.4 Å². The molecule has 1 amide bonds. The molecule has 0 spiro atoms. The molecule has 7 heteroatoms. The number of para-hydroxylation sites is 2. The molecule has 1 fully saturated rings. The van der Waals surface area contributed by atoms with Gasteiger partial charge in [0.05, 0.1) is 18.0 Å². The van der Waals surface area contributed by atoms with E-state index in [1.165, 1.54) is 0 Å². The second kappa shape index (κ2) is 10.4. The van der Waals surface area contributed by atoms with Gasteiger partial charge in [-0.15, -0.1) is 0 Å². The van der Waals surface area contributed by atoms with Crippen LogP contribution in [-0.2, 0) is 25.4 Å². The van der Waals surface area contributed by atoms with Crippen LogP contribution in [0.2, 0.25) is 0 Å². The number of esters is 1. The molecule has 3 aromatic carbocycles. The molecule has 2 aliphatic rings. The Morgan fingerprint density at radius 2 is 1.64 bits per heavy atom. The van der Waals surface area contributed by atoms with Crippen molar-refractivity contribution in [2.24, 2.45) is 0 Å². The summed E-state index contributed by atoms with van der Waals surface area (Å²) in [4.78, 5) is 26.6. The van der Waals surface area contributed by atoms with Crippen LogP contribution in [0.25, 0.3) is 0 Å². The normalized spacial score (nSPS) is 19.8. The number of carbonyl (C=O) groups is 2. The van der Waals surface area contributed by atoms with E-state index in [1.807, 2.05) is 78.9 Å². The minimum Gasteiger partial charge on any atom is -0.482 e. The van der Waals surface area contributed by atoms with Gasteiger partial charge in [0.2, 0.25) is 0 Å². The number of epoxide rings is 1. The molecule has 0 bridgehead atoms.